The largest absolute Gasteiger partial charge is 0.444 e. The topological polar surface area (TPSA) is 127 Å². The Morgan fingerprint density at radius 3 is 2.45 bits per heavy atom. The molecular weight excluding hydrogens is 665 g/mol. The lowest BCUT2D eigenvalue weighted by Crippen LogP contribution is -2.47. The zero-order valence-corrected chi connectivity index (χ0v) is 33.3. The summed E-state index contributed by atoms with van der Waals surface area (Å²) in [6, 6.07) is 5.05. The van der Waals surface area contributed by atoms with Gasteiger partial charge in [0, 0.05) is 83.5 Å². The molecule has 0 radical (unpaired) electrons. The van der Waals surface area contributed by atoms with Crippen molar-refractivity contribution >= 4 is 42.9 Å². The molecule has 0 aliphatic carbocycles. The number of ether oxygens (including phenoxy) is 3. The highest BCUT2D eigenvalue weighted by atomic mass is 28.3. The van der Waals surface area contributed by atoms with Gasteiger partial charge in [-0.25, -0.2) is 24.5 Å². The molecule has 5 heterocycles. The first kappa shape index (κ1) is 38.3. The molecule has 2 fully saturated rings. The maximum atomic E-state index is 13.0. The third-order valence-electron chi connectivity index (χ3n) is 9.03. The summed E-state index contributed by atoms with van der Waals surface area (Å²) < 4.78 is 19.5. The lowest BCUT2D eigenvalue weighted by Gasteiger charge is -2.35. The van der Waals surface area contributed by atoms with E-state index in [-0.39, 0.29) is 24.3 Å². The summed E-state index contributed by atoms with van der Waals surface area (Å²) in [6.07, 6.45) is 7.58. The third kappa shape index (κ3) is 10.3. The van der Waals surface area contributed by atoms with Crippen LogP contribution in [-0.4, -0.2) is 113 Å². The van der Waals surface area contributed by atoms with E-state index in [0.717, 1.165) is 59.9 Å². The van der Waals surface area contributed by atoms with Gasteiger partial charge in [-0.15, -0.1) is 0 Å². The van der Waals surface area contributed by atoms with Crippen LogP contribution in [0, 0.1) is 0 Å². The molecular formula is C37H58N8O5Si. The zero-order chi connectivity index (χ0) is 37.1. The molecule has 5 rings (SSSR count). The van der Waals surface area contributed by atoms with Gasteiger partial charge in [0.25, 0.3) is 0 Å². The van der Waals surface area contributed by atoms with Crippen molar-refractivity contribution in [2.24, 2.45) is 0 Å². The fraction of sp³-hybridized carbons (Fsp3) is 0.649. The van der Waals surface area contributed by atoms with E-state index in [9.17, 15) is 9.59 Å². The van der Waals surface area contributed by atoms with Crippen molar-refractivity contribution in [3.05, 3.63) is 30.7 Å². The number of anilines is 2. The summed E-state index contributed by atoms with van der Waals surface area (Å²) in [5.41, 5.74) is 2.18. The van der Waals surface area contributed by atoms with Gasteiger partial charge in [0.15, 0.2) is 0 Å². The lowest BCUT2D eigenvalue weighted by atomic mass is 10.0. The van der Waals surface area contributed by atoms with Crippen molar-refractivity contribution in [3.63, 3.8) is 0 Å². The van der Waals surface area contributed by atoms with Crippen LogP contribution in [0.4, 0.5) is 21.2 Å². The van der Waals surface area contributed by atoms with E-state index in [0.29, 0.717) is 38.9 Å². The Morgan fingerprint density at radius 2 is 1.75 bits per heavy atom. The predicted molar refractivity (Wildman–Crippen MR) is 204 cm³/mol. The average Bonchev–Trinajstić information content (AvgIpc) is 3.69. The van der Waals surface area contributed by atoms with Gasteiger partial charge in [-0.1, -0.05) is 19.6 Å². The Balaban J connectivity index is 1.41. The number of nitrogens with zero attached hydrogens (tertiary/aromatic N) is 7. The number of hydrogen-bond acceptors (Lipinski definition) is 10. The number of piperidine rings is 1. The van der Waals surface area contributed by atoms with Gasteiger partial charge >= 0.3 is 12.2 Å². The first-order chi connectivity index (χ1) is 23.9. The van der Waals surface area contributed by atoms with Gasteiger partial charge in [-0.05, 0) is 79.0 Å². The van der Waals surface area contributed by atoms with Gasteiger partial charge in [-0.3, -0.25) is 0 Å². The summed E-state index contributed by atoms with van der Waals surface area (Å²) in [5.74, 6) is 0.598. The van der Waals surface area contributed by atoms with Crippen LogP contribution >= 0.6 is 0 Å². The SMILES string of the molecule is CN(C(=O)OC(C)(C)C)C1CCN(c2nccc(-c3cnc4c(ccn4COCC[Si](C)(C)C)c3N[C@@H]3CCCN(C(=O)OC(C)(C)C)C3)n2)C1. The summed E-state index contributed by atoms with van der Waals surface area (Å²) in [5, 5.41) is 4.77. The predicted octanol–water partition coefficient (Wildman–Crippen LogP) is 7.06. The highest BCUT2D eigenvalue weighted by Crippen LogP contribution is 2.36. The first-order valence-electron chi connectivity index (χ1n) is 18.2. The number of carbonyl (C=O) groups excluding carboxylic acids is 2. The molecule has 1 unspecified atom stereocenters. The van der Waals surface area contributed by atoms with Crippen LogP contribution in [0.15, 0.2) is 30.7 Å². The normalized spacial score (nSPS) is 18.6. The molecule has 0 spiro atoms. The van der Waals surface area contributed by atoms with Crippen LogP contribution in [0.25, 0.3) is 22.3 Å². The van der Waals surface area contributed by atoms with Crippen molar-refractivity contribution in [1.82, 2.24) is 29.3 Å². The maximum Gasteiger partial charge on any atom is 0.410 e. The second-order valence-corrected chi connectivity index (χ2v) is 22.7. The van der Waals surface area contributed by atoms with Gasteiger partial charge in [0.05, 0.1) is 17.4 Å². The quantitative estimate of drug-likeness (QED) is 0.172. The molecule has 1 N–H and O–H groups in total. The average molecular weight is 723 g/mol. The van der Waals surface area contributed by atoms with E-state index < -0.39 is 19.3 Å². The van der Waals surface area contributed by atoms with Crippen molar-refractivity contribution in [2.45, 2.75) is 117 Å². The monoisotopic (exact) mass is 722 g/mol. The molecule has 2 saturated heterocycles. The van der Waals surface area contributed by atoms with Crippen molar-refractivity contribution in [2.75, 3.05) is 50.1 Å². The molecule has 14 heteroatoms. The molecule has 2 amide bonds. The minimum absolute atomic E-state index is 0.00370. The molecule has 51 heavy (non-hydrogen) atoms. The molecule has 2 atom stereocenters. The number of fused-ring (bicyclic) bond motifs is 1. The number of aromatic nitrogens is 4. The smallest absolute Gasteiger partial charge is 0.410 e. The van der Waals surface area contributed by atoms with Crippen LogP contribution in [0.3, 0.4) is 0 Å². The first-order valence-corrected chi connectivity index (χ1v) is 21.9. The molecule has 3 aromatic rings. The second-order valence-electron chi connectivity index (χ2n) is 17.0. The number of likely N-dealkylation sites (N-methyl/N-ethyl adjacent to an activating group) is 1. The third-order valence-corrected chi connectivity index (χ3v) is 10.7. The summed E-state index contributed by atoms with van der Waals surface area (Å²) in [6.45, 7) is 22.0. The van der Waals surface area contributed by atoms with Gasteiger partial charge in [0.2, 0.25) is 5.95 Å². The molecule has 0 aromatic carbocycles. The Hall–Kier alpha value is -3.91. The van der Waals surface area contributed by atoms with Crippen LogP contribution in [0.5, 0.6) is 0 Å². The number of rotatable bonds is 10. The summed E-state index contributed by atoms with van der Waals surface area (Å²) >= 11 is 0. The molecule has 280 valence electrons. The van der Waals surface area contributed by atoms with E-state index in [4.69, 9.17) is 24.2 Å². The molecule has 0 bridgehead atoms. The lowest BCUT2D eigenvalue weighted by molar-refractivity contribution is 0.0203. The molecule has 2 aliphatic rings. The maximum absolute atomic E-state index is 13.0. The standard InChI is InChI=1S/C37H58N8O5Si/c1-36(2,3)49-34(46)42(7)27-14-18-43(24-27)33-38-16-13-30(41-33)29-22-39-32-28(15-19-45(32)25-48-20-21-51(8,9)10)31(29)40-26-12-11-17-44(23-26)35(47)50-37(4,5)6/h13,15-16,19,22,26-27H,11-12,14,17-18,20-21,23-25H2,1-10H3,(H,39,40)/t26-,27?/m1/s1. The zero-order valence-electron chi connectivity index (χ0n) is 32.3. The number of amides is 2. The van der Waals surface area contributed by atoms with Crippen molar-refractivity contribution in [3.8, 4) is 11.3 Å². The number of likely N-dealkylation sites (tertiary alicyclic amines) is 1. The number of pyridine rings is 1. The fourth-order valence-corrected chi connectivity index (χ4v) is 7.06. The Bertz CT molecular complexity index is 1680. The van der Waals surface area contributed by atoms with Gasteiger partial charge in [0.1, 0.15) is 23.6 Å². The van der Waals surface area contributed by atoms with Crippen molar-refractivity contribution < 1.29 is 23.8 Å². The minimum atomic E-state index is -1.21. The Labute approximate surface area is 304 Å². The van der Waals surface area contributed by atoms with Crippen LogP contribution in [0.2, 0.25) is 25.7 Å². The van der Waals surface area contributed by atoms with Crippen LogP contribution in [-0.2, 0) is 20.9 Å². The van der Waals surface area contributed by atoms with E-state index >= 15 is 0 Å². The van der Waals surface area contributed by atoms with E-state index in [2.05, 4.69) is 40.9 Å². The number of nitrogens with one attached hydrogen (secondary N) is 1. The van der Waals surface area contributed by atoms with E-state index in [1.165, 1.54) is 0 Å². The van der Waals surface area contributed by atoms with Crippen LogP contribution < -0.4 is 10.2 Å². The fourth-order valence-electron chi connectivity index (χ4n) is 6.30. The molecule has 2 aliphatic heterocycles. The molecule has 0 saturated carbocycles. The molecule has 3 aromatic heterocycles. The highest BCUT2D eigenvalue weighted by Gasteiger charge is 2.33. The van der Waals surface area contributed by atoms with E-state index in [1.807, 2.05) is 64.6 Å². The van der Waals surface area contributed by atoms with Gasteiger partial charge < -0.3 is 38.8 Å². The highest BCUT2D eigenvalue weighted by molar-refractivity contribution is 6.76. The number of hydrogen-bond donors (Lipinski definition) is 1. The molecule has 13 nitrogen and oxygen atoms in total. The Kier molecular flexibility index (Phi) is 11.5. The second kappa shape index (κ2) is 15.4. The minimum Gasteiger partial charge on any atom is -0.444 e. The van der Waals surface area contributed by atoms with E-state index in [1.54, 1.807) is 23.0 Å². The Morgan fingerprint density at radius 1 is 1.00 bits per heavy atom. The van der Waals surface area contributed by atoms with Crippen molar-refractivity contribution in [1.29, 1.82) is 0 Å². The van der Waals surface area contributed by atoms with Crippen LogP contribution in [0.1, 0.15) is 60.8 Å². The summed E-state index contributed by atoms with van der Waals surface area (Å²) in [7, 11) is 0.576. The number of carbonyl (C=O) groups is 2. The van der Waals surface area contributed by atoms with Gasteiger partial charge in [-0.2, -0.15) is 0 Å². The summed E-state index contributed by atoms with van der Waals surface area (Å²) in [4.78, 5) is 46.0.